The van der Waals surface area contributed by atoms with E-state index in [0.29, 0.717) is 23.8 Å². The number of ether oxygens (including phenoxy) is 1. The van der Waals surface area contributed by atoms with Crippen LogP contribution in [0.1, 0.15) is 16.8 Å². The van der Waals surface area contributed by atoms with Crippen molar-refractivity contribution < 1.29 is 22.7 Å². The van der Waals surface area contributed by atoms with E-state index in [1.54, 1.807) is 16.6 Å². The highest BCUT2D eigenvalue weighted by molar-refractivity contribution is 5.96. The number of carbonyl (C=O) groups excluding carboxylic acids is 1. The second-order valence-electron chi connectivity index (χ2n) is 6.84. The van der Waals surface area contributed by atoms with Gasteiger partial charge in [-0.3, -0.25) is 9.69 Å². The van der Waals surface area contributed by atoms with Gasteiger partial charge in [0.2, 0.25) is 11.9 Å². The van der Waals surface area contributed by atoms with Gasteiger partial charge in [-0.15, -0.1) is 0 Å². The molecule has 0 aliphatic carbocycles. The molecule has 150 valence electrons. The Labute approximate surface area is 165 Å². The number of halogens is 3. The minimum atomic E-state index is -4.38. The maximum absolute atomic E-state index is 12.8. The summed E-state index contributed by atoms with van der Waals surface area (Å²) in [5.41, 5.74) is 2.10. The summed E-state index contributed by atoms with van der Waals surface area (Å²) in [6.45, 7) is 2.32. The highest BCUT2D eigenvalue weighted by Crippen LogP contribution is 2.35. The molecule has 1 amide bonds. The number of anilines is 1. The van der Waals surface area contributed by atoms with Crippen molar-refractivity contribution in [3.8, 4) is 17.0 Å². The number of alkyl halides is 3. The number of nitrogens with zero attached hydrogens (tertiary/aromatic N) is 3. The molecule has 0 unspecified atom stereocenters. The number of rotatable bonds is 4. The second-order valence-corrected chi connectivity index (χ2v) is 6.84. The van der Waals surface area contributed by atoms with Crippen molar-refractivity contribution in [1.29, 1.82) is 0 Å². The van der Waals surface area contributed by atoms with Crippen LogP contribution in [0.5, 0.6) is 5.75 Å². The molecule has 4 rings (SSSR count). The Bertz CT molecular complexity index is 1050. The van der Waals surface area contributed by atoms with Gasteiger partial charge < -0.3 is 9.30 Å². The number of imidazole rings is 1. The maximum atomic E-state index is 12.8. The van der Waals surface area contributed by atoms with Crippen LogP contribution in [-0.4, -0.2) is 22.6 Å². The lowest BCUT2D eigenvalue weighted by atomic mass is 10.1. The summed E-state index contributed by atoms with van der Waals surface area (Å²) in [7, 11) is 1.58. The van der Waals surface area contributed by atoms with Crippen molar-refractivity contribution >= 4 is 11.9 Å². The smallest absolute Gasteiger partial charge is 0.416 e. The minimum absolute atomic E-state index is 0.0783. The third-order valence-electron chi connectivity index (χ3n) is 5.02. The van der Waals surface area contributed by atoms with E-state index in [-0.39, 0.29) is 12.5 Å². The molecule has 0 radical (unpaired) electrons. The van der Waals surface area contributed by atoms with Gasteiger partial charge in [0, 0.05) is 11.3 Å². The standard InChI is InChI=1S/C21H18F3N3O2/c1-13-19(15-5-7-16(8-6-15)21(22,23)24)25-20-26(13)12-18(28)27(20)11-14-3-9-17(29-2)10-4-14/h3-10H,11-12H2,1-2H3. The lowest BCUT2D eigenvalue weighted by Crippen LogP contribution is -2.26. The van der Waals surface area contributed by atoms with Crippen molar-refractivity contribution in [2.24, 2.45) is 0 Å². The Hall–Kier alpha value is -3.29. The number of amides is 1. The number of benzene rings is 2. The fourth-order valence-electron chi connectivity index (χ4n) is 3.41. The van der Waals surface area contributed by atoms with Crippen molar-refractivity contribution in [3.63, 3.8) is 0 Å². The summed E-state index contributed by atoms with van der Waals surface area (Å²) >= 11 is 0. The Balaban J connectivity index is 1.64. The molecule has 0 spiro atoms. The van der Waals surface area contributed by atoms with E-state index in [4.69, 9.17) is 4.74 Å². The summed E-state index contributed by atoms with van der Waals surface area (Å²) in [6.07, 6.45) is -4.38. The number of hydrogen-bond acceptors (Lipinski definition) is 3. The lowest BCUT2D eigenvalue weighted by Gasteiger charge is -2.14. The summed E-state index contributed by atoms with van der Waals surface area (Å²) < 4.78 is 45.4. The highest BCUT2D eigenvalue weighted by Gasteiger charge is 2.33. The van der Waals surface area contributed by atoms with E-state index < -0.39 is 11.7 Å². The lowest BCUT2D eigenvalue weighted by molar-refractivity contribution is -0.137. The van der Waals surface area contributed by atoms with Gasteiger partial charge in [-0.25, -0.2) is 4.98 Å². The molecule has 8 heteroatoms. The number of hydrogen-bond donors (Lipinski definition) is 0. The van der Waals surface area contributed by atoms with E-state index in [1.807, 2.05) is 31.2 Å². The molecule has 5 nitrogen and oxygen atoms in total. The summed E-state index contributed by atoms with van der Waals surface area (Å²) in [6, 6.07) is 12.3. The molecule has 0 fully saturated rings. The van der Waals surface area contributed by atoms with Gasteiger partial charge in [-0.05, 0) is 36.8 Å². The van der Waals surface area contributed by atoms with Crippen LogP contribution < -0.4 is 9.64 Å². The van der Waals surface area contributed by atoms with Crippen molar-refractivity contribution in [2.45, 2.75) is 26.2 Å². The van der Waals surface area contributed by atoms with E-state index >= 15 is 0 Å². The molecule has 1 aliphatic rings. The molecular weight excluding hydrogens is 383 g/mol. The van der Waals surface area contributed by atoms with E-state index in [0.717, 1.165) is 29.1 Å². The average molecular weight is 401 g/mol. The summed E-state index contributed by atoms with van der Waals surface area (Å²) in [5, 5.41) is 0. The monoisotopic (exact) mass is 401 g/mol. The van der Waals surface area contributed by atoms with Crippen LogP contribution in [0, 0.1) is 6.92 Å². The Morgan fingerprint density at radius 1 is 1.07 bits per heavy atom. The largest absolute Gasteiger partial charge is 0.497 e. The highest BCUT2D eigenvalue weighted by atomic mass is 19.4. The van der Waals surface area contributed by atoms with Gasteiger partial charge in [0.1, 0.15) is 12.3 Å². The molecule has 0 N–H and O–H groups in total. The van der Waals surface area contributed by atoms with Gasteiger partial charge in [-0.2, -0.15) is 13.2 Å². The van der Waals surface area contributed by atoms with Crippen molar-refractivity contribution in [3.05, 3.63) is 65.4 Å². The van der Waals surface area contributed by atoms with Crippen molar-refractivity contribution in [2.75, 3.05) is 12.0 Å². The number of methoxy groups -OCH3 is 1. The average Bonchev–Trinajstić information content (AvgIpc) is 3.18. The zero-order valence-electron chi connectivity index (χ0n) is 15.8. The van der Waals surface area contributed by atoms with Gasteiger partial charge in [0.05, 0.1) is 24.9 Å². The van der Waals surface area contributed by atoms with Crippen LogP contribution in [0.2, 0.25) is 0 Å². The quantitative estimate of drug-likeness (QED) is 0.650. The number of aromatic nitrogens is 2. The van der Waals surface area contributed by atoms with E-state index in [1.165, 1.54) is 12.1 Å². The fraction of sp³-hybridized carbons (Fsp3) is 0.238. The Morgan fingerprint density at radius 2 is 1.72 bits per heavy atom. The molecule has 0 bridgehead atoms. The molecule has 1 aromatic heterocycles. The molecule has 3 aromatic rings. The van der Waals surface area contributed by atoms with Crippen LogP contribution in [0.3, 0.4) is 0 Å². The molecular formula is C21H18F3N3O2. The zero-order chi connectivity index (χ0) is 20.8. The fourth-order valence-corrected chi connectivity index (χ4v) is 3.41. The molecule has 2 heterocycles. The summed E-state index contributed by atoms with van der Waals surface area (Å²) in [5.74, 6) is 1.15. The van der Waals surface area contributed by atoms with Crippen molar-refractivity contribution in [1.82, 2.24) is 9.55 Å². The topological polar surface area (TPSA) is 47.4 Å². The first kappa shape index (κ1) is 19.0. The predicted molar refractivity (Wildman–Crippen MR) is 102 cm³/mol. The van der Waals surface area contributed by atoms with Gasteiger partial charge in [0.25, 0.3) is 0 Å². The van der Waals surface area contributed by atoms with Crippen LogP contribution in [-0.2, 0) is 24.1 Å². The van der Waals surface area contributed by atoms with Gasteiger partial charge in [-0.1, -0.05) is 24.3 Å². The SMILES string of the molecule is COc1ccc(CN2C(=O)Cn3c2nc(-c2ccc(C(F)(F)F)cc2)c3C)cc1. The molecule has 1 aliphatic heterocycles. The third-order valence-corrected chi connectivity index (χ3v) is 5.02. The first-order valence-corrected chi connectivity index (χ1v) is 8.96. The van der Waals surface area contributed by atoms with E-state index in [2.05, 4.69) is 4.98 Å². The molecule has 2 aromatic carbocycles. The van der Waals surface area contributed by atoms with Crippen LogP contribution in [0.15, 0.2) is 48.5 Å². The van der Waals surface area contributed by atoms with Crippen LogP contribution >= 0.6 is 0 Å². The predicted octanol–water partition coefficient (Wildman–Crippen LogP) is 4.43. The third kappa shape index (κ3) is 3.46. The molecule has 0 atom stereocenters. The van der Waals surface area contributed by atoms with Crippen LogP contribution in [0.25, 0.3) is 11.3 Å². The molecule has 0 saturated carbocycles. The number of fused-ring (bicyclic) bond motifs is 1. The number of carbonyl (C=O) groups is 1. The Morgan fingerprint density at radius 3 is 2.31 bits per heavy atom. The normalized spacial score (nSPS) is 13.7. The van der Waals surface area contributed by atoms with Crippen LogP contribution in [0.4, 0.5) is 19.1 Å². The minimum Gasteiger partial charge on any atom is -0.497 e. The van der Waals surface area contributed by atoms with Gasteiger partial charge >= 0.3 is 6.18 Å². The maximum Gasteiger partial charge on any atom is 0.416 e. The second kappa shape index (κ2) is 6.95. The molecule has 0 saturated heterocycles. The molecule has 29 heavy (non-hydrogen) atoms. The first-order chi connectivity index (χ1) is 13.8. The Kier molecular flexibility index (Phi) is 4.56. The van der Waals surface area contributed by atoms with Gasteiger partial charge in [0.15, 0.2) is 0 Å². The first-order valence-electron chi connectivity index (χ1n) is 8.96. The zero-order valence-corrected chi connectivity index (χ0v) is 15.8. The van der Waals surface area contributed by atoms with E-state index in [9.17, 15) is 18.0 Å². The summed E-state index contributed by atoms with van der Waals surface area (Å²) in [4.78, 5) is 18.7.